The number of primary amides is 1. The van der Waals surface area contributed by atoms with E-state index in [9.17, 15) is 4.79 Å². The highest BCUT2D eigenvalue weighted by Crippen LogP contribution is 2.09. The molecular formula is C16H16N6O. The maximum atomic E-state index is 10.9. The van der Waals surface area contributed by atoms with E-state index >= 15 is 0 Å². The van der Waals surface area contributed by atoms with Gasteiger partial charge in [-0.05, 0) is 23.3 Å². The summed E-state index contributed by atoms with van der Waals surface area (Å²) in [5.74, 6) is 0.00928. The van der Waals surface area contributed by atoms with Crippen molar-refractivity contribution in [2.75, 3.05) is 5.32 Å². The number of nitrogens with one attached hydrogen (secondary N) is 1. The Morgan fingerprint density at radius 1 is 1.09 bits per heavy atom. The van der Waals surface area contributed by atoms with Crippen LogP contribution in [0.15, 0.2) is 55.1 Å². The van der Waals surface area contributed by atoms with E-state index < -0.39 is 5.91 Å². The number of nitrogens with zero attached hydrogens (tertiary/aromatic N) is 4. The van der Waals surface area contributed by atoms with Gasteiger partial charge in [0.25, 0.3) is 5.91 Å². The first-order chi connectivity index (χ1) is 11.2. The van der Waals surface area contributed by atoms with Crippen LogP contribution in [0.3, 0.4) is 0 Å². The highest BCUT2D eigenvalue weighted by atomic mass is 16.1. The number of amides is 1. The largest absolute Gasteiger partial charge is 0.365 e. The van der Waals surface area contributed by atoms with E-state index in [4.69, 9.17) is 5.73 Å². The van der Waals surface area contributed by atoms with E-state index in [0.717, 1.165) is 12.1 Å². The summed E-state index contributed by atoms with van der Waals surface area (Å²) in [5.41, 5.74) is 7.61. The molecule has 0 aliphatic heterocycles. The minimum absolute atomic E-state index is 0.152. The Bertz CT molecular complexity index is 765. The lowest BCUT2D eigenvalue weighted by molar-refractivity contribution is 0.0994. The fourth-order valence-electron chi connectivity index (χ4n) is 2.10. The molecule has 2 aromatic heterocycles. The van der Waals surface area contributed by atoms with Gasteiger partial charge in [0, 0.05) is 25.5 Å². The summed E-state index contributed by atoms with van der Waals surface area (Å²) in [6, 6.07) is 11.5. The first-order valence-corrected chi connectivity index (χ1v) is 7.12. The summed E-state index contributed by atoms with van der Waals surface area (Å²) >= 11 is 0. The maximum Gasteiger partial charge on any atom is 0.269 e. The van der Waals surface area contributed by atoms with Crippen molar-refractivity contribution in [2.45, 2.75) is 13.1 Å². The average Bonchev–Trinajstić information content (AvgIpc) is 3.07. The third kappa shape index (κ3) is 3.91. The van der Waals surface area contributed by atoms with Crippen LogP contribution in [0.4, 0.5) is 5.82 Å². The smallest absolute Gasteiger partial charge is 0.269 e. The first kappa shape index (κ1) is 14.7. The van der Waals surface area contributed by atoms with Crippen molar-refractivity contribution < 1.29 is 4.79 Å². The fraction of sp³-hybridized carbons (Fsp3) is 0.125. The van der Waals surface area contributed by atoms with Gasteiger partial charge in [0.1, 0.15) is 5.82 Å². The molecule has 3 rings (SSSR count). The quantitative estimate of drug-likeness (QED) is 0.718. The number of carbonyl (C=O) groups excluding carboxylic acids is 1. The third-order valence-corrected chi connectivity index (χ3v) is 3.34. The number of rotatable bonds is 6. The van der Waals surface area contributed by atoms with Crippen LogP contribution in [-0.4, -0.2) is 25.7 Å². The molecule has 3 N–H and O–H groups in total. The van der Waals surface area contributed by atoms with Gasteiger partial charge in [-0.2, -0.15) is 0 Å². The summed E-state index contributed by atoms with van der Waals surface area (Å²) < 4.78 is 2.02. The number of carbonyl (C=O) groups is 1. The number of hydrogen-bond acceptors (Lipinski definition) is 5. The summed E-state index contributed by atoms with van der Waals surface area (Å²) in [6.45, 7) is 1.42. The molecule has 0 saturated carbocycles. The van der Waals surface area contributed by atoms with Crippen LogP contribution < -0.4 is 11.1 Å². The van der Waals surface area contributed by atoms with Crippen LogP contribution in [0, 0.1) is 0 Å². The molecule has 0 unspecified atom stereocenters. The van der Waals surface area contributed by atoms with Gasteiger partial charge >= 0.3 is 0 Å². The molecule has 7 heteroatoms. The van der Waals surface area contributed by atoms with Crippen LogP contribution >= 0.6 is 0 Å². The van der Waals surface area contributed by atoms with E-state index in [1.807, 2.05) is 10.8 Å². The molecule has 0 saturated heterocycles. The Labute approximate surface area is 133 Å². The minimum atomic E-state index is -0.586. The Morgan fingerprint density at radius 2 is 1.87 bits per heavy atom. The Hall–Kier alpha value is -3.22. The number of nitrogens with two attached hydrogens (primary N) is 1. The number of anilines is 1. The molecule has 0 aliphatic carbocycles. The lowest BCUT2D eigenvalue weighted by Gasteiger charge is -2.07. The average molecular weight is 308 g/mol. The van der Waals surface area contributed by atoms with Gasteiger partial charge in [-0.3, -0.25) is 4.79 Å². The number of hydrogen-bond donors (Lipinski definition) is 2. The zero-order valence-corrected chi connectivity index (χ0v) is 12.4. The van der Waals surface area contributed by atoms with Crippen LogP contribution in [0.1, 0.15) is 21.6 Å². The molecule has 0 aliphatic rings. The van der Waals surface area contributed by atoms with E-state index in [-0.39, 0.29) is 5.69 Å². The van der Waals surface area contributed by atoms with Crippen LogP contribution in [0.25, 0.3) is 0 Å². The normalized spacial score (nSPS) is 10.4. The standard InChI is InChI=1S/C16H16N6O/c17-16(23)14-5-6-15(21-20-14)19-9-12-1-3-13(4-2-12)10-22-8-7-18-11-22/h1-8,11H,9-10H2,(H2,17,23)(H,19,21). The fourth-order valence-corrected chi connectivity index (χ4v) is 2.10. The van der Waals surface area contributed by atoms with Crippen LogP contribution in [-0.2, 0) is 13.1 Å². The predicted molar refractivity (Wildman–Crippen MR) is 85.6 cm³/mol. The summed E-state index contributed by atoms with van der Waals surface area (Å²) in [5, 5.41) is 10.8. The van der Waals surface area contributed by atoms with E-state index in [0.29, 0.717) is 12.4 Å². The van der Waals surface area contributed by atoms with Crippen molar-refractivity contribution in [2.24, 2.45) is 5.73 Å². The molecular weight excluding hydrogens is 292 g/mol. The molecule has 1 amide bonds. The van der Waals surface area contributed by atoms with Crippen molar-refractivity contribution in [1.82, 2.24) is 19.7 Å². The Balaban J connectivity index is 1.56. The zero-order valence-electron chi connectivity index (χ0n) is 12.4. The molecule has 2 heterocycles. The number of imidazole rings is 1. The second-order valence-electron chi connectivity index (χ2n) is 5.07. The maximum absolute atomic E-state index is 10.9. The molecule has 0 bridgehead atoms. The highest BCUT2D eigenvalue weighted by molar-refractivity contribution is 5.90. The van der Waals surface area contributed by atoms with Gasteiger partial charge in [-0.25, -0.2) is 4.98 Å². The van der Waals surface area contributed by atoms with Crippen molar-refractivity contribution in [3.8, 4) is 0 Å². The molecule has 0 atom stereocenters. The molecule has 23 heavy (non-hydrogen) atoms. The Kier molecular flexibility index (Phi) is 4.28. The van der Waals surface area contributed by atoms with Gasteiger partial charge in [-0.15, -0.1) is 10.2 Å². The van der Waals surface area contributed by atoms with E-state index in [1.54, 1.807) is 24.7 Å². The zero-order chi connectivity index (χ0) is 16.1. The van der Waals surface area contributed by atoms with Crippen molar-refractivity contribution in [3.05, 3.63) is 71.9 Å². The number of benzene rings is 1. The van der Waals surface area contributed by atoms with Crippen LogP contribution in [0.2, 0.25) is 0 Å². The lowest BCUT2D eigenvalue weighted by atomic mass is 10.1. The monoisotopic (exact) mass is 308 g/mol. The first-order valence-electron chi connectivity index (χ1n) is 7.12. The predicted octanol–water partition coefficient (Wildman–Crippen LogP) is 1.43. The molecule has 3 aromatic rings. The second kappa shape index (κ2) is 6.69. The lowest BCUT2D eigenvalue weighted by Crippen LogP contribution is -2.14. The van der Waals surface area contributed by atoms with E-state index in [1.165, 1.54) is 5.56 Å². The van der Waals surface area contributed by atoms with Crippen molar-refractivity contribution in [1.29, 1.82) is 0 Å². The molecule has 116 valence electrons. The summed E-state index contributed by atoms with van der Waals surface area (Å²) in [6.07, 6.45) is 5.50. The van der Waals surface area contributed by atoms with Gasteiger partial charge in [0.15, 0.2) is 5.69 Å². The molecule has 0 spiro atoms. The number of aromatic nitrogens is 4. The summed E-state index contributed by atoms with van der Waals surface area (Å²) in [4.78, 5) is 15.0. The van der Waals surface area contributed by atoms with Gasteiger partial charge in [0.05, 0.1) is 6.33 Å². The molecule has 1 aromatic carbocycles. The van der Waals surface area contributed by atoms with Crippen molar-refractivity contribution in [3.63, 3.8) is 0 Å². The SMILES string of the molecule is NC(=O)c1ccc(NCc2ccc(Cn3ccnc3)cc2)nn1. The molecule has 0 fully saturated rings. The second-order valence-corrected chi connectivity index (χ2v) is 5.07. The van der Waals surface area contributed by atoms with Crippen LogP contribution in [0.5, 0.6) is 0 Å². The third-order valence-electron chi connectivity index (χ3n) is 3.34. The minimum Gasteiger partial charge on any atom is -0.365 e. The Morgan fingerprint density at radius 3 is 2.48 bits per heavy atom. The van der Waals surface area contributed by atoms with Gasteiger partial charge in [-0.1, -0.05) is 24.3 Å². The highest BCUT2D eigenvalue weighted by Gasteiger charge is 2.03. The van der Waals surface area contributed by atoms with Gasteiger partial charge in [0.2, 0.25) is 0 Å². The molecule has 0 radical (unpaired) electrons. The van der Waals surface area contributed by atoms with Crippen molar-refractivity contribution >= 4 is 11.7 Å². The van der Waals surface area contributed by atoms with Gasteiger partial charge < -0.3 is 15.6 Å². The summed E-state index contributed by atoms with van der Waals surface area (Å²) in [7, 11) is 0. The van der Waals surface area contributed by atoms with E-state index in [2.05, 4.69) is 44.8 Å². The topological polar surface area (TPSA) is 98.7 Å². The molecule has 7 nitrogen and oxygen atoms in total.